The molecule has 13 heteroatoms. The third-order valence-corrected chi connectivity index (χ3v) is 15.7. The fourth-order valence-electron chi connectivity index (χ4n) is 6.47. The zero-order valence-electron chi connectivity index (χ0n) is 54.0. The van der Waals surface area contributed by atoms with Crippen LogP contribution in [-0.4, -0.2) is 55.7 Å². The number of phenolic OH excluding ortho intramolecular Hbond substituents is 6. The number of carbonyl (C=O) groups is 3. The molecular formula is C71H100O13. The van der Waals surface area contributed by atoms with E-state index < -0.39 is 16.2 Å². The van der Waals surface area contributed by atoms with Gasteiger partial charge < -0.3 is 49.6 Å². The first-order chi connectivity index (χ1) is 38.9. The molecule has 0 unspecified atom stereocenters. The Balaban J connectivity index is 0.000000505. The third-order valence-electron chi connectivity index (χ3n) is 15.7. The standard InChI is InChI=1S/C13H18O3.2C12H16O3.C12H18O2.2C11H16O/c1-5-13(3,4)12(15)16-10-6-7-11(14)9(2)8-10;1-4-12(2,3)11(14)15-10-7-5-9(13)6-8-10;1-4-12(2,3)11(14)15-10-7-5-6-9(13)8-10;1-5-12(2,3)9-6-7-10(13)11(8-9)14-4;1-4-11(2,3)9-5-7-10(12)8-6-9;1-4-11(2,3)9-6-5-7-10(12)8-9/h6-8,14H,5H2,1-4H3;2*5-8,13H,4H2,1-3H3;6-8,13H,5H2,1-4H3;2*5-8,12H,4H2,1-3H3. The largest absolute Gasteiger partial charge is 0.508 e. The number of esters is 3. The van der Waals surface area contributed by atoms with Crippen molar-refractivity contribution in [1.82, 2.24) is 0 Å². The van der Waals surface area contributed by atoms with E-state index in [1.54, 1.807) is 74.7 Å². The molecule has 6 aromatic carbocycles. The summed E-state index contributed by atoms with van der Waals surface area (Å²) in [5.41, 5.74) is 3.42. The van der Waals surface area contributed by atoms with Crippen molar-refractivity contribution in [2.24, 2.45) is 16.2 Å². The Hall–Kier alpha value is -7.67. The number of hydrogen-bond donors (Lipinski definition) is 6. The lowest BCUT2D eigenvalue weighted by Crippen LogP contribution is -2.28. The van der Waals surface area contributed by atoms with Gasteiger partial charge in [-0.15, -0.1) is 0 Å². The molecule has 0 saturated carbocycles. The first kappa shape index (κ1) is 74.3. The Morgan fingerprint density at radius 3 is 1.10 bits per heavy atom. The zero-order valence-corrected chi connectivity index (χ0v) is 54.0. The number of aryl methyl sites for hydroxylation is 1. The van der Waals surface area contributed by atoms with Crippen LogP contribution in [0.3, 0.4) is 0 Å². The predicted molar refractivity (Wildman–Crippen MR) is 339 cm³/mol. The second-order valence-electron chi connectivity index (χ2n) is 24.5. The normalized spacial score (nSPS) is 11.3. The van der Waals surface area contributed by atoms with Crippen molar-refractivity contribution < 1.29 is 64.0 Å². The molecular weight excluding hydrogens is 1060 g/mol. The molecule has 0 aliphatic rings. The molecule has 0 aliphatic heterocycles. The molecule has 0 atom stereocenters. The number of ether oxygens (including phenoxy) is 4. The Morgan fingerprint density at radius 2 is 0.702 bits per heavy atom. The smallest absolute Gasteiger partial charge is 0.316 e. The number of methoxy groups -OCH3 is 1. The second kappa shape index (κ2) is 33.6. The van der Waals surface area contributed by atoms with Crippen molar-refractivity contribution in [3.8, 4) is 57.5 Å². The minimum atomic E-state index is -0.495. The molecule has 0 amide bonds. The van der Waals surface area contributed by atoms with Crippen LogP contribution < -0.4 is 18.9 Å². The van der Waals surface area contributed by atoms with E-state index >= 15 is 0 Å². The number of phenols is 6. The van der Waals surface area contributed by atoms with E-state index in [0.29, 0.717) is 46.5 Å². The van der Waals surface area contributed by atoms with Crippen LogP contribution in [0.2, 0.25) is 0 Å². The van der Waals surface area contributed by atoms with Crippen LogP contribution >= 0.6 is 0 Å². The highest BCUT2D eigenvalue weighted by molar-refractivity contribution is 5.79. The highest BCUT2D eigenvalue weighted by atomic mass is 16.5. The second-order valence-corrected chi connectivity index (χ2v) is 24.5. The minimum Gasteiger partial charge on any atom is -0.508 e. The van der Waals surface area contributed by atoms with Crippen LogP contribution in [-0.2, 0) is 30.6 Å². The minimum absolute atomic E-state index is 0.0922. The molecule has 6 N–H and O–H groups in total. The Kier molecular flexibility index (Phi) is 29.7. The lowest BCUT2D eigenvalue weighted by molar-refractivity contribution is -0.144. The van der Waals surface area contributed by atoms with E-state index in [4.69, 9.17) is 29.2 Å². The topological polar surface area (TPSA) is 210 Å². The van der Waals surface area contributed by atoms with Crippen molar-refractivity contribution in [3.05, 3.63) is 156 Å². The Morgan fingerprint density at radius 1 is 0.357 bits per heavy atom. The molecule has 0 fully saturated rings. The molecule has 6 aromatic rings. The summed E-state index contributed by atoms with van der Waals surface area (Å²) < 4.78 is 20.7. The van der Waals surface area contributed by atoms with Crippen molar-refractivity contribution in [1.29, 1.82) is 0 Å². The molecule has 84 heavy (non-hydrogen) atoms. The number of carbonyl (C=O) groups excluding carboxylic acids is 3. The molecule has 0 aliphatic carbocycles. The summed E-state index contributed by atoms with van der Waals surface area (Å²) in [4.78, 5) is 35.1. The van der Waals surface area contributed by atoms with Crippen LogP contribution in [0.25, 0.3) is 0 Å². The van der Waals surface area contributed by atoms with E-state index in [1.165, 1.54) is 47.0 Å². The summed E-state index contributed by atoms with van der Waals surface area (Å²) in [5.74, 6) is 2.41. The summed E-state index contributed by atoms with van der Waals surface area (Å²) >= 11 is 0. The van der Waals surface area contributed by atoms with Gasteiger partial charge in [-0.3, -0.25) is 14.4 Å². The summed E-state index contributed by atoms with van der Waals surface area (Å²) in [6.07, 6.45) is 5.41. The van der Waals surface area contributed by atoms with Crippen LogP contribution in [0.15, 0.2) is 133 Å². The summed E-state index contributed by atoms with van der Waals surface area (Å²) in [5, 5.41) is 55.4. The SMILES string of the molecule is CCC(C)(C)C(=O)Oc1ccc(O)c(C)c1.CCC(C)(C)C(=O)Oc1ccc(O)cc1.CCC(C)(C)C(=O)Oc1cccc(O)c1.CCC(C)(C)c1ccc(O)c(OC)c1.CCC(C)(C)c1ccc(O)cc1.CCC(C)(C)c1cccc(O)c1. The number of hydrogen-bond acceptors (Lipinski definition) is 13. The van der Waals surface area contributed by atoms with Gasteiger partial charge in [-0.1, -0.05) is 119 Å². The molecule has 13 nitrogen and oxygen atoms in total. The van der Waals surface area contributed by atoms with Gasteiger partial charge in [0.15, 0.2) is 11.5 Å². The number of aromatic hydroxyl groups is 6. The highest BCUT2D eigenvalue weighted by Crippen LogP contribution is 2.35. The van der Waals surface area contributed by atoms with Gasteiger partial charge >= 0.3 is 17.9 Å². The van der Waals surface area contributed by atoms with Gasteiger partial charge in [0.1, 0.15) is 46.0 Å². The van der Waals surface area contributed by atoms with Gasteiger partial charge in [-0.2, -0.15) is 0 Å². The monoisotopic (exact) mass is 1160 g/mol. The van der Waals surface area contributed by atoms with Gasteiger partial charge in [0.05, 0.1) is 23.4 Å². The highest BCUT2D eigenvalue weighted by Gasteiger charge is 2.30. The zero-order chi connectivity index (χ0) is 64.4. The van der Waals surface area contributed by atoms with Gasteiger partial charge in [-0.25, -0.2) is 0 Å². The van der Waals surface area contributed by atoms with Crippen LogP contribution in [0.5, 0.6) is 57.5 Å². The fraction of sp³-hybridized carbons (Fsp3) is 0.451. The van der Waals surface area contributed by atoms with Crippen molar-refractivity contribution in [3.63, 3.8) is 0 Å². The van der Waals surface area contributed by atoms with Crippen molar-refractivity contribution in [2.45, 2.75) is 186 Å². The molecule has 0 saturated heterocycles. The quantitative estimate of drug-likeness (QED) is 0.0394. The molecule has 0 radical (unpaired) electrons. The molecule has 6 rings (SSSR count). The Labute approximate surface area is 502 Å². The van der Waals surface area contributed by atoms with E-state index in [2.05, 4.69) is 68.4 Å². The maximum Gasteiger partial charge on any atom is 0.316 e. The number of rotatable bonds is 16. The first-order valence-electron chi connectivity index (χ1n) is 28.9. The van der Waals surface area contributed by atoms with Gasteiger partial charge in [-0.05, 0) is 216 Å². The number of benzene rings is 6. The molecule has 0 bridgehead atoms. The fourth-order valence-corrected chi connectivity index (χ4v) is 6.47. The predicted octanol–water partition coefficient (Wildman–Crippen LogP) is 17.8. The van der Waals surface area contributed by atoms with E-state index in [-0.39, 0.29) is 57.2 Å². The van der Waals surface area contributed by atoms with E-state index in [9.17, 15) is 34.8 Å². The van der Waals surface area contributed by atoms with Crippen LogP contribution in [0, 0.1) is 23.2 Å². The first-order valence-corrected chi connectivity index (χ1v) is 28.9. The van der Waals surface area contributed by atoms with Crippen LogP contribution in [0.4, 0.5) is 0 Å². The molecule has 0 aromatic heterocycles. The summed E-state index contributed by atoms with van der Waals surface area (Å²) in [6, 6.07) is 37.6. The molecule has 462 valence electrons. The van der Waals surface area contributed by atoms with Gasteiger partial charge in [0, 0.05) is 6.07 Å². The molecule has 0 spiro atoms. The van der Waals surface area contributed by atoms with Crippen LogP contribution in [0.1, 0.15) is 185 Å². The summed E-state index contributed by atoms with van der Waals surface area (Å²) in [7, 11) is 1.57. The van der Waals surface area contributed by atoms with Crippen molar-refractivity contribution >= 4 is 17.9 Å². The van der Waals surface area contributed by atoms with Gasteiger partial charge in [0.2, 0.25) is 0 Å². The van der Waals surface area contributed by atoms with E-state index in [1.807, 2.05) is 98.7 Å². The summed E-state index contributed by atoms with van der Waals surface area (Å²) in [6.45, 7) is 38.3. The average Bonchev–Trinajstić information content (AvgIpc) is 3.57. The van der Waals surface area contributed by atoms with Gasteiger partial charge in [0.25, 0.3) is 0 Å². The lowest BCUT2D eigenvalue weighted by atomic mass is 9.82. The van der Waals surface area contributed by atoms with Crippen molar-refractivity contribution in [2.75, 3.05) is 7.11 Å². The molecule has 0 heterocycles. The average molecular weight is 1160 g/mol. The third kappa shape index (κ3) is 25.0. The maximum atomic E-state index is 11.8. The maximum absolute atomic E-state index is 11.8. The Bertz CT molecular complexity index is 2950. The van der Waals surface area contributed by atoms with E-state index in [0.717, 1.165) is 32.1 Å². The lowest BCUT2D eigenvalue weighted by Gasteiger charge is -2.23.